The number of pyridine rings is 1. The Labute approximate surface area is 189 Å². The fourth-order valence-corrected chi connectivity index (χ4v) is 4.30. The molecule has 3 aromatic rings. The first-order chi connectivity index (χ1) is 16.1. The number of hydrogen-bond donors (Lipinski definition) is 3. The topological polar surface area (TPSA) is 126 Å². The Balaban J connectivity index is 1.65. The summed E-state index contributed by atoms with van der Waals surface area (Å²) in [6.45, 7) is 0. The fourth-order valence-electron chi connectivity index (χ4n) is 4.30. The van der Waals surface area contributed by atoms with E-state index >= 15 is 0 Å². The zero-order valence-electron chi connectivity index (χ0n) is 17.1. The first kappa shape index (κ1) is 22.3. The highest BCUT2D eigenvalue weighted by Gasteiger charge is 2.53. The number of hydrogen-bond acceptors (Lipinski definition) is 8. The molecule has 11 heteroatoms. The molecular formula is C23H16F3NO7. The summed E-state index contributed by atoms with van der Waals surface area (Å²) < 4.78 is 50.2. The highest BCUT2D eigenvalue weighted by Crippen LogP contribution is 2.45. The van der Waals surface area contributed by atoms with E-state index in [1.165, 1.54) is 30.5 Å². The number of aliphatic hydroxyl groups excluding tert-OH is 2. The summed E-state index contributed by atoms with van der Waals surface area (Å²) in [5.74, 6) is -2.48. The summed E-state index contributed by atoms with van der Waals surface area (Å²) in [4.78, 5) is 30.5. The second kappa shape index (κ2) is 7.76. The van der Waals surface area contributed by atoms with Gasteiger partial charge in [0.1, 0.15) is 11.6 Å². The van der Waals surface area contributed by atoms with E-state index in [1.54, 1.807) is 12.1 Å². The third-order valence-corrected chi connectivity index (χ3v) is 5.87. The van der Waals surface area contributed by atoms with Crippen LogP contribution in [0.2, 0.25) is 0 Å². The molecule has 1 aromatic heterocycles. The van der Waals surface area contributed by atoms with Crippen molar-refractivity contribution in [1.29, 1.82) is 0 Å². The van der Waals surface area contributed by atoms with Crippen molar-refractivity contribution in [3.8, 4) is 11.5 Å². The van der Waals surface area contributed by atoms with Crippen molar-refractivity contribution < 1.29 is 47.6 Å². The van der Waals surface area contributed by atoms with Crippen LogP contribution in [0.1, 0.15) is 38.3 Å². The molecule has 2 aliphatic rings. The van der Waals surface area contributed by atoms with Crippen LogP contribution in [0.25, 0.3) is 10.9 Å². The summed E-state index contributed by atoms with van der Waals surface area (Å²) >= 11 is 0. The molecule has 0 radical (unpaired) electrons. The number of carbonyl (C=O) groups excluding carboxylic acids is 2. The van der Waals surface area contributed by atoms with Gasteiger partial charge in [-0.25, -0.2) is 0 Å². The maximum absolute atomic E-state index is 13.3. The van der Waals surface area contributed by atoms with Crippen LogP contribution >= 0.6 is 0 Å². The molecule has 1 aliphatic heterocycles. The molecule has 2 aromatic carbocycles. The van der Waals surface area contributed by atoms with Crippen LogP contribution in [0, 0.1) is 0 Å². The number of rotatable bonds is 2. The molecule has 1 fully saturated rings. The average Bonchev–Trinajstić information content (AvgIpc) is 2.80. The Morgan fingerprint density at radius 2 is 1.65 bits per heavy atom. The van der Waals surface area contributed by atoms with Crippen molar-refractivity contribution in [2.24, 2.45) is 0 Å². The van der Waals surface area contributed by atoms with Gasteiger partial charge in [-0.2, -0.15) is 13.2 Å². The van der Waals surface area contributed by atoms with Crippen molar-refractivity contribution in [1.82, 2.24) is 4.98 Å². The number of aliphatic hydroxyl groups is 2. The molecule has 2 heterocycles. The van der Waals surface area contributed by atoms with Gasteiger partial charge in [-0.15, -0.1) is 0 Å². The number of phenols is 1. The Hall–Kier alpha value is -3.54. The number of ether oxygens (including phenoxy) is 2. The molecule has 0 unspecified atom stereocenters. The molecule has 8 nitrogen and oxygen atoms in total. The highest BCUT2D eigenvalue weighted by atomic mass is 19.4. The molecular weight excluding hydrogens is 459 g/mol. The van der Waals surface area contributed by atoms with Crippen molar-refractivity contribution >= 4 is 22.5 Å². The lowest BCUT2D eigenvalue weighted by molar-refractivity contribution is -0.314. The summed E-state index contributed by atoms with van der Waals surface area (Å²) in [5, 5.41) is 30.8. The Morgan fingerprint density at radius 3 is 2.29 bits per heavy atom. The minimum absolute atomic E-state index is 0.0501. The van der Waals surface area contributed by atoms with Crippen LogP contribution in [0.5, 0.6) is 11.5 Å². The Bertz CT molecular complexity index is 1340. The van der Waals surface area contributed by atoms with E-state index < -0.39 is 60.3 Å². The minimum Gasteiger partial charge on any atom is -0.504 e. The Morgan fingerprint density at radius 1 is 1.00 bits per heavy atom. The van der Waals surface area contributed by atoms with Crippen LogP contribution in [0.15, 0.2) is 42.6 Å². The number of phenolic OH excluding ortho intramolecular Hbond substituents is 1. The predicted molar refractivity (Wildman–Crippen MR) is 109 cm³/mol. The molecule has 176 valence electrons. The number of carbonyl (C=O) groups is 2. The molecule has 0 saturated carbocycles. The van der Waals surface area contributed by atoms with E-state index in [9.17, 15) is 38.1 Å². The molecule has 3 N–H and O–H groups in total. The molecule has 1 aliphatic carbocycles. The van der Waals surface area contributed by atoms with Gasteiger partial charge in [0.15, 0.2) is 29.2 Å². The number of nitrogens with zero attached hydrogens (tertiary/aromatic N) is 1. The lowest BCUT2D eigenvalue weighted by Crippen LogP contribution is -2.55. The standard InChI is InChI=1S/C23H16F3NO7/c24-23(25,26)22-19(31)12(28)8-13(34-22)33-21-16-11(6-3-7-27-16)14-15(20(21)32)18(30)10-5-2-1-4-9(10)17(14)29/h1-7,12-13,19,22,28,31-32H,8H2/t12-,13-,19-,22+/m0/s1. The zero-order chi connectivity index (χ0) is 24.4. The van der Waals surface area contributed by atoms with Gasteiger partial charge >= 0.3 is 6.18 Å². The van der Waals surface area contributed by atoms with E-state index in [4.69, 9.17) is 9.47 Å². The first-order valence-corrected chi connectivity index (χ1v) is 10.2. The summed E-state index contributed by atoms with van der Waals surface area (Å²) in [7, 11) is 0. The van der Waals surface area contributed by atoms with Gasteiger partial charge in [-0.05, 0) is 6.07 Å². The quantitative estimate of drug-likeness (QED) is 0.404. The number of alkyl halides is 3. The van der Waals surface area contributed by atoms with Crippen molar-refractivity contribution in [2.75, 3.05) is 0 Å². The van der Waals surface area contributed by atoms with Crippen molar-refractivity contribution in [2.45, 2.75) is 37.2 Å². The van der Waals surface area contributed by atoms with Gasteiger partial charge in [-0.1, -0.05) is 30.3 Å². The van der Waals surface area contributed by atoms with Crippen LogP contribution in [-0.2, 0) is 4.74 Å². The molecule has 0 bridgehead atoms. The van der Waals surface area contributed by atoms with Crippen LogP contribution in [0.3, 0.4) is 0 Å². The van der Waals surface area contributed by atoms with Gasteiger partial charge in [0, 0.05) is 34.7 Å². The summed E-state index contributed by atoms with van der Waals surface area (Å²) in [6, 6.07) is 8.98. The number of aromatic nitrogens is 1. The fraction of sp³-hybridized carbons (Fsp3) is 0.261. The van der Waals surface area contributed by atoms with Crippen LogP contribution in [0.4, 0.5) is 13.2 Å². The summed E-state index contributed by atoms with van der Waals surface area (Å²) in [5.41, 5.74) is -0.382. The first-order valence-electron chi connectivity index (χ1n) is 10.2. The minimum atomic E-state index is -5.01. The normalized spacial score (nSPS) is 24.6. The largest absolute Gasteiger partial charge is 0.504 e. The molecule has 34 heavy (non-hydrogen) atoms. The average molecular weight is 475 g/mol. The lowest BCUT2D eigenvalue weighted by Gasteiger charge is -2.37. The van der Waals surface area contributed by atoms with Crippen LogP contribution < -0.4 is 4.74 Å². The third kappa shape index (κ3) is 3.31. The maximum atomic E-state index is 13.3. The molecule has 0 spiro atoms. The Kier molecular flexibility index (Phi) is 5.08. The molecule has 4 atom stereocenters. The number of ketones is 2. The monoisotopic (exact) mass is 475 g/mol. The van der Waals surface area contributed by atoms with Crippen molar-refractivity contribution in [3.05, 3.63) is 64.8 Å². The molecule has 0 amide bonds. The van der Waals surface area contributed by atoms with Gasteiger partial charge < -0.3 is 24.8 Å². The lowest BCUT2D eigenvalue weighted by atomic mass is 9.81. The van der Waals surface area contributed by atoms with Gasteiger partial charge in [0.25, 0.3) is 0 Å². The number of benzene rings is 2. The molecule has 1 saturated heterocycles. The van der Waals surface area contributed by atoms with Gasteiger partial charge in [-0.3, -0.25) is 14.6 Å². The highest BCUT2D eigenvalue weighted by molar-refractivity contribution is 6.33. The van der Waals surface area contributed by atoms with E-state index in [1.807, 2.05) is 0 Å². The second-order valence-corrected chi connectivity index (χ2v) is 7.97. The maximum Gasteiger partial charge on any atom is 0.417 e. The van der Waals surface area contributed by atoms with Gasteiger partial charge in [0.05, 0.1) is 11.7 Å². The summed E-state index contributed by atoms with van der Waals surface area (Å²) in [6.07, 6.45) is -12.8. The number of halogens is 3. The van der Waals surface area contributed by atoms with E-state index in [2.05, 4.69) is 4.98 Å². The number of aromatic hydroxyl groups is 1. The molecule has 5 rings (SSSR count). The van der Waals surface area contributed by atoms with Crippen LogP contribution in [-0.4, -0.2) is 62.6 Å². The van der Waals surface area contributed by atoms with E-state index in [0.717, 1.165) is 0 Å². The smallest absolute Gasteiger partial charge is 0.417 e. The predicted octanol–water partition coefficient (Wildman–Crippen LogP) is 2.49. The van der Waals surface area contributed by atoms with Gasteiger partial charge in [0.2, 0.25) is 6.29 Å². The third-order valence-electron chi connectivity index (χ3n) is 5.87. The van der Waals surface area contributed by atoms with Crippen molar-refractivity contribution in [3.63, 3.8) is 0 Å². The van der Waals surface area contributed by atoms with E-state index in [0.29, 0.717) is 0 Å². The second-order valence-electron chi connectivity index (χ2n) is 7.97. The number of fused-ring (bicyclic) bond motifs is 4. The zero-order valence-corrected chi connectivity index (χ0v) is 17.1. The SMILES string of the molecule is O=C1c2ccccc2C(=O)c2c1c(O)c(O[C@@H]1C[C@H](O)[C@H](O)[C@H](C(F)(F)F)O1)c1ncccc21. The van der Waals surface area contributed by atoms with E-state index in [-0.39, 0.29) is 33.2 Å².